The molecule has 0 aliphatic rings. The van der Waals surface area contributed by atoms with Crippen molar-refractivity contribution in [3.63, 3.8) is 0 Å². The number of fused-ring (bicyclic) bond motifs is 1. The monoisotopic (exact) mass is 449 g/mol. The number of benzene rings is 1. The molecule has 0 fully saturated rings. The van der Waals surface area contributed by atoms with Crippen LogP contribution in [-0.2, 0) is 6.42 Å². The minimum absolute atomic E-state index is 0.227. The van der Waals surface area contributed by atoms with E-state index in [1.54, 1.807) is 24.7 Å². The molecule has 0 amide bonds. The second kappa shape index (κ2) is 9.35. The molecule has 0 spiro atoms. The molecule has 0 saturated heterocycles. The SMILES string of the molecule is Cc1cc(-c2cc3ccnc(NCCc4ccc(-c5ccnc(C)c5)c(F)c4)c3cn2)ccn1. The molecule has 1 N–H and O–H groups in total. The van der Waals surface area contributed by atoms with Crippen LogP contribution in [0.4, 0.5) is 10.2 Å². The van der Waals surface area contributed by atoms with E-state index >= 15 is 0 Å². The molecule has 0 radical (unpaired) electrons. The average Bonchev–Trinajstić information content (AvgIpc) is 2.84. The van der Waals surface area contributed by atoms with E-state index in [0.29, 0.717) is 18.5 Å². The maximum Gasteiger partial charge on any atom is 0.135 e. The predicted octanol–water partition coefficient (Wildman–Crippen LogP) is 6.16. The Kier molecular flexibility index (Phi) is 5.95. The molecular weight excluding hydrogens is 425 g/mol. The van der Waals surface area contributed by atoms with Crippen LogP contribution in [0.15, 0.2) is 79.4 Å². The van der Waals surface area contributed by atoms with Crippen molar-refractivity contribution < 1.29 is 4.39 Å². The van der Waals surface area contributed by atoms with Crippen LogP contribution in [0, 0.1) is 19.7 Å². The number of halogens is 1. The van der Waals surface area contributed by atoms with Gasteiger partial charge in [-0.05, 0) is 79.2 Å². The Hall–Kier alpha value is -4.19. The lowest BCUT2D eigenvalue weighted by Gasteiger charge is -2.11. The number of aryl methyl sites for hydroxylation is 2. The van der Waals surface area contributed by atoms with Gasteiger partial charge in [0.25, 0.3) is 0 Å². The van der Waals surface area contributed by atoms with Gasteiger partial charge in [0.05, 0.1) is 5.69 Å². The molecule has 1 aromatic carbocycles. The van der Waals surface area contributed by atoms with Crippen molar-refractivity contribution in [2.75, 3.05) is 11.9 Å². The molecule has 6 heteroatoms. The van der Waals surface area contributed by atoms with Crippen molar-refractivity contribution in [3.05, 3.63) is 102 Å². The smallest absolute Gasteiger partial charge is 0.135 e. The van der Waals surface area contributed by atoms with E-state index in [1.165, 1.54) is 0 Å². The van der Waals surface area contributed by atoms with Gasteiger partial charge in [-0.25, -0.2) is 9.37 Å². The number of hydrogen-bond donors (Lipinski definition) is 1. The lowest BCUT2D eigenvalue weighted by Crippen LogP contribution is -2.07. The van der Waals surface area contributed by atoms with Crippen molar-refractivity contribution in [1.82, 2.24) is 19.9 Å². The Bertz CT molecular complexity index is 1480. The molecule has 5 aromatic rings. The minimum atomic E-state index is -0.227. The van der Waals surface area contributed by atoms with Crippen LogP contribution in [0.2, 0.25) is 0 Å². The van der Waals surface area contributed by atoms with Crippen LogP contribution in [0.3, 0.4) is 0 Å². The van der Waals surface area contributed by atoms with Crippen LogP contribution in [-0.4, -0.2) is 26.5 Å². The normalized spacial score (nSPS) is 11.0. The highest BCUT2D eigenvalue weighted by molar-refractivity contribution is 5.93. The first-order valence-corrected chi connectivity index (χ1v) is 11.2. The molecule has 5 nitrogen and oxygen atoms in total. The molecule has 4 aromatic heterocycles. The highest BCUT2D eigenvalue weighted by atomic mass is 19.1. The number of aromatic nitrogens is 4. The molecule has 0 unspecified atom stereocenters. The third kappa shape index (κ3) is 4.62. The first-order chi connectivity index (χ1) is 16.6. The van der Waals surface area contributed by atoms with Gasteiger partial charge in [-0.2, -0.15) is 0 Å². The Morgan fingerprint density at radius 2 is 1.50 bits per heavy atom. The fraction of sp³-hybridized carbons (Fsp3) is 0.143. The molecule has 34 heavy (non-hydrogen) atoms. The summed E-state index contributed by atoms with van der Waals surface area (Å²) >= 11 is 0. The minimum Gasteiger partial charge on any atom is -0.369 e. The second-order valence-corrected chi connectivity index (χ2v) is 8.31. The molecule has 0 aliphatic carbocycles. The summed E-state index contributed by atoms with van der Waals surface area (Å²) in [6.07, 6.45) is 7.81. The first-order valence-electron chi connectivity index (χ1n) is 11.2. The topological polar surface area (TPSA) is 63.6 Å². The summed E-state index contributed by atoms with van der Waals surface area (Å²) in [6.45, 7) is 4.50. The third-order valence-corrected chi connectivity index (χ3v) is 5.79. The van der Waals surface area contributed by atoms with Gasteiger partial charge in [0.1, 0.15) is 11.6 Å². The van der Waals surface area contributed by atoms with Crippen LogP contribution < -0.4 is 5.32 Å². The lowest BCUT2D eigenvalue weighted by atomic mass is 10.0. The average molecular weight is 450 g/mol. The van der Waals surface area contributed by atoms with Gasteiger partial charge >= 0.3 is 0 Å². The summed E-state index contributed by atoms with van der Waals surface area (Å²) in [7, 11) is 0. The zero-order chi connectivity index (χ0) is 23.5. The highest BCUT2D eigenvalue weighted by Gasteiger charge is 2.09. The lowest BCUT2D eigenvalue weighted by molar-refractivity contribution is 0.629. The zero-order valence-corrected chi connectivity index (χ0v) is 19.1. The Balaban J connectivity index is 1.30. The van der Waals surface area contributed by atoms with Crippen LogP contribution in [0.1, 0.15) is 17.0 Å². The molecular formula is C28H24FN5. The van der Waals surface area contributed by atoms with Gasteiger partial charge < -0.3 is 5.32 Å². The summed E-state index contributed by atoms with van der Waals surface area (Å²) in [5.74, 6) is 0.543. The summed E-state index contributed by atoms with van der Waals surface area (Å²) in [6, 6.07) is 17.2. The highest BCUT2D eigenvalue weighted by Crippen LogP contribution is 2.26. The first kappa shape index (κ1) is 21.6. The predicted molar refractivity (Wildman–Crippen MR) is 134 cm³/mol. The summed E-state index contributed by atoms with van der Waals surface area (Å²) in [4.78, 5) is 17.6. The van der Waals surface area contributed by atoms with E-state index in [9.17, 15) is 4.39 Å². The Morgan fingerprint density at radius 3 is 2.26 bits per heavy atom. The van der Waals surface area contributed by atoms with Crippen molar-refractivity contribution in [2.24, 2.45) is 0 Å². The van der Waals surface area contributed by atoms with E-state index in [4.69, 9.17) is 0 Å². The maximum absolute atomic E-state index is 14.8. The van der Waals surface area contributed by atoms with Gasteiger partial charge in [0, 0.05) is 59.2 Å². The summed E-state index contributed by atoms with van der Waals surface area (Å²) in [5.41, 5.74) is 6.10. The van der Waals surface area contributed by atoms with Crippen molar-refractivity contribution in [1.29, 1.82) is 0 Å². The molecule has 0 atom stereocenters. The van der Waals surface area contributed by atoms with Gasteiger partial charge in [-0.3, -0.25) is 15.0 Å². The molecule has 168 valence electrons. The molecule has 0 aliphatic heterocycles. The standard InChI is InChI=1S/C28H24FN5/c1-18-13-21(6-10-30-18)24-4-3-20(15-26(24)29)5-9-32-28-25-17-34-27(16-22(25)7-12-33-28)23-8-11-31-19(2)14-23/h3-4,6-8,10-17H,5,9H2,1-2H3,(H,32,33). The summed E-state index contributed by atoms with van der Waals surface area (Å²) < 4.78 is 14.8. The second-order valence-electron chi connectivity index (χ2n) is 8.31. The number of hydrogen-bond acceptors (Lipinski definition) is 5. The van der Waals surface area contributed by atoms with Crippen LogP contribution in [0.5, 0.6) is 0 Å². The van der Waals surface area contributed by atoms with E-state index in [0.717, 1.165) is 50.4 Å². The van der Waals surface area contributed by atoms with Crippen molar-refractivity contribution in [2.45, 2.75) is 20.3 Å². The number of nitrogens with zero attached hydrogens (tertiary/aromatic N) is 4. The zero-order valence-electron chi connectivity index (χ0n) is 19.1. The van der Waals surface area contributed by atoms with Crippen LogP contribution in [0.25, 0.3) is 33.2 Å². The number of rotatable bonds is 6. The molecule has 5 rings (SSSR count). The van der Waals surface area contributed by atoms with Gasteiger partial charge in [-0.15, -0.1) is 0 Å². The largest absolute Gasteiger partial charge is 0.369 e. The molecule has 0 saturated carbocycles. The van der Waals surface area contributed by atoms with Crippen molar-refractivity contribution in [3.8, 4) is 22.4 Å². The van der Waals surface area contributed by atoms with Gasteiger partial charge in [0.2, 0.25) is 0 Å². The molecule has 4 heterocycles. The quantitative estimate of drug-likeness (QED) is 0.336. The van der Waals surface area contributed by atoms with Gasteiger partial charge in [-0.1, -0.05) is 12.1 Å². The van der Waals surface area contributed by atoms with E-state index in [2.05, 4.69) is 31.3 Å². The van der Waals surface area contributed by atoms with Crippen molar-refractivity contribution >= 4 is 16.6 Å². The maximum atomic E-state index is 14.8. The molecule has 0 bridgehead atoms. The Labute approximate surface area is 197 Å². The van der Waals surface area contributed by atoms with E-state index in [1.807, 2.05) is 62.5 Å². The number of nitrogens with one attached hydrogen (secondary N) is 1. The number of anilines is 1. The fourth-order valence-corrected chi connectivity index (χ4v) is 4.06. The van der Waals surface area contributed by atoms with Gasteiger partial charge in [0.15, 0.2) is 0 Å². The van der Waals surface area contributed by atoms with E-state index < -0.39 is 0 Å². The van der Waals surface area contributed by atoms with E-state index in [-0.39, 0.29) is 5.82 Å². The fourth-order valence-electron chi connectivity index (χ4n) is 4.06. The third-order valence-electron chi connectivity index (χ3n) is 5.79. The Morgan fingerprint density at radius 1 is 0.765 bits per heavy atom. The number of pyridine rings is 4. The van der Waals surface area contributed by atoms with Crippen LogP contribution >= 0.6 is 0 Å². The summed E-state index contributed by atoms with van der Waals surface area (Å²) in [5, 5.41) is 5.39.